The molecule has 1 aromatic carbocycles. The van der Waals surface area contributed by atoms with Gasteiger partial charge in [-0.05, 0) is 26.0 Å². The number of halogens is 7. The number of hydrogen-bond donors (Lipinski definition) is 1. The second-order valence-corrected chi connectivity index (χ2v) is 7.77. The number of rotatable bonds is 7. The van der Waals surface area contributed by atoms with Crippen LogP contribution in [0.15, 0.2) is 28.0 Å². The van der Waals surface area contributed by atoms with Gasteiger partial charge in [-0.25, -0.2) is 27.5 Å². The maximum Gasteiger partial charge on any atom is 0.352 e. The third-order valence-electron chi connectivity index (χ3n) is 4.90. The first-order valence-corrected chi connectivity index (χ1v) is 10.2. The van der Waals surface area contributed by atoms with Crippen LogP contribution in [0.4, 0.5) is 26.3 Å². The van der Waals surface area contributed by atoms with Crippen LogP contribution in [0, 0.1) is 25.2 Å². The van der Waals surface area contributed by atoms with Gasteiger partial charge in [0.05, 0.1) is 24.0 Å². The van der Waals surface area contributed by atoms with E-state index in [1.54, 1.807) is 0 Å². The zero-order valence-electron chi connectivity index (χ0n) is 18.3. The summed E-state index contributed by atoms with van der Waals surface area (Å²) in [5.41, 5.74) is -5.19. The van der Waals surface area contributed by atoms with Crippen LogP contribution >= 0.6 is 11.6 Å². The monoisotopic (exact) mass is 533 g/mol. The molecule has 15 heteroatoms. The van der Waals surface area contributed by atoms with Gasteiger partial charge in [0.25, 0.3) is 17.5 Å². The summed E-state index contributed by atoms with van der Waals surface area (Å²) in [4.78, 5) is 35.0. The molecule has 3 rings (SSSR count). The normalized spacial score (nSPS) is 11.7. The van der Waals surface area contributed by atoms with Gasteiger partial charge in [0.1, 0.15) is 22.7 Å². The van der Waals surface area contributed by atoms with Crippen molar-refractivity contribution >= 4 is 11.6 Å². The first-order valence-electron chi connectivity index (χ1n) is 9.79. The van der Waals surface area contributed by atoms with Crippen LogP contribution in [0.1, 0.15) is 40.3 Å². The third-order valence-corrected chi connectivity index (χ3v) is 5.29. The van der Waals surface area contributed by atoms with Gasteiger partial charge in [0, 0.05) is 11.3 Å². The van der Waals surface area contributed by atoms with Crippen molar-refractivity contribution in [3.8, 4) is 17.6 Å². The van der Waals surface area contributed by atoms with Gasteiger partial charge in [-0.15, -0.1) is 0 Å². The van der Waals surface area contributed by atoms with Crippen LogP contribution in [0.25, 0.3) is 0 Å². The Bertz CT molecular complexity index is 1480. The fraction of sp³-hybridized carbons (Fsp3) is 0.286. The Kier molecular flexibility index (Phi) is 7.44. The number of aromatic amines is 1. The number of nitrogens with one attached hydrogen (secondary N) is 1. The lowest BCUT2D eigenvalue weighted by Gasteiger charge is -2.20. The number of ether oxygens (including phenoxy) is 1. The van der Waals surface area contributed by atoms with Gasteiger partial charge >= 0.3 is 12.3 Å². The van der Waals surface area contributed by atoms with Gasteiger partial charge in [0.15, 0.2) is 5.69 Å². The molecule has 0 fully saturated rings. The zero-order valence-corrected chi connectivity index (χ0v) is 19.0. The van der Waals surface area contributed by atoms with Crippen molar-refractivity contribution < 1.29 is 31.1 Å². The minimum absolute atomic E-state index is 0.0756. The van der Waals surface area contributed by atoms with E-state index in [1.165, 1.54) is 19.9 Å². The number of aryl methyl sites for hydroxylation is 2. The maximum absolute atomic E-state index is 14.3. The molecule has 0 radical (unpaired) electrons. The standard InChI is InChI=1S/C21H14ClF6N5O3/c1-8-12(18(34)32-9(2)31-8)6-33-7-30-16(21(27,28)20(25)26)15(19(33)35)36-13-4-10(17(23)24)3-11(5-29)14(13)22/h3-4,7,17,20H,6H2,1-2H3,(H,31,32,34). The Morgan fingerprint density at radius 2 is 1.89 bits per heavy atom. The van der Waals surface area contributed by atoms with Gasteiger partial charge in [0.2, 0.25) is 5.75 Å². The second-order valence-electron chi connectivity index (χ2n) is 7.39. The Morgan fingerprint density at radius 1 is 1.22 bits per heavy atom. The van der Waals surface area contributed by atoms with Gasteiger partial charge in [-0.3, -0.25) is 14.2 Å². The van der Waals surface area contributed by atoms with Gasteiger partial charge < -0.3 is 9.72 Å². The molecule has 0 bridgehead atoms. The average molecular weight is 534 g/mol. The average Bonchev–Trinajstić information content (AvgIpc) is 2.79. The molecular weight excluding hydrogens is 520 g/mol. The highest BCUT2D eigenvalue weighted by Gasteiger charge is 2.48. The summed E-state index contributed by atoms with van der Waals surface area (Å²) in [6, 6.07) is 2.76. The summed E-state index contributed by atoms with van der Waals surface area (Å²) in [6.07, 6.45) is -6.99. The smallest absolute Gasteiger partial charge is 0.352 e. The van der Waals surface area contributed by atoms with Crippen molar-refractivity contribution in [1.29, 1.82) is 5.26 Å². The second kappa shape index (κ2) is 10.0. The Hall–Kier alpha value is -3.86. The number of alkyl halides is 6. The van der Waals surface area contributed by atoms with E-state index in [9.17, 15) is 35.9 Å². The van der Waals surface area contributed by atoms with E-state index >= 15 is 0 Å². The molecule has 0 saturated carbocycles. The lowest BCUT2D eigenvalue weighted by atomic mass is 10.1. The van der Waals surface area contributed by atoms with Crippen LogP contribution in [-0.4, -0.2) is 25.9 Å². The lowest BCUT2D eigenvalue weighted by Crippen LogP contribution is -2.33. The van der Waals surface area contributed by atoms with Gasteiger partial charge in [-0.2, -0.15) is 14.0 Å². The van der Waals surface area contributed by atoms with Crippen molar-refractivity contribution in [2.45, 2.75) is 39.2 Å². The highest BCUT2D eigenvalue weighted by Crippen LogP contribution is 2.41. The zero-order chi connectivity index (χ0) is 26.9. The SMILES string of the molecule is Cc1nc(C)c(Cn2cnc(C(F)(F)C(F)F)c(Oc3cc(C(F)F)cc(C#N)c3Cl)c2=O)c(=O)[nH]1. The number of hydrogen-bond acceptors (Lipinski definition) is 6. The summed E-state index contributed by atoms with van der Waals surface area (Å²) in [5, 5.41) is 8.49. The molecule has 0 aliphatic heterocycles. The summed E-state index contributed by atoms with van der Waals surface area (Å²) >= 11 is 5.93. The molecular formula is C21H14ClF6N5O3. The third kappa shape index (κ3) is 5.06. The molecule has 36 heavy (non-hydrogen) atoms. The topological polar surface area (TPSA) is 114 Å². The van der Waals surface area contributed by atoms with E-state index in [0.717, 1.165) is 0 Å². The first-order chi connectivity index (χ1) is 16.8. The fourth-order valence-corrected chi connectivity index (χ4v) is 3.32. The molecule has 0 atom stereocenters. The summed E-state index contributed by atoms with van der Waals surface area (Å²) in [6.45, 7) is 2.35. The molecule has 2 heterocycles. The predicted molar refractivity (Wildman–Crippen MR) is 113 cm³/mol. The number of benzene rings is 1. The Morgan fingerprint density at radius 3 is 2.44 bits per heavy atom. The Balaban J connectivity index is 2.25. The molecule has 0 saturated heterocycles. The molecule has 0 spiro atoms. The molecule has 8 nitrogen and oxygen atoms in total. The fourth-order valence-electron chi connectivity index (χ4n) is 3.13. The van der Waals surface area contributed by atoms with E-state index in [4.69, 9.17) is 21.6 Å². The van der Waals surface area contributed by atoms with Crippen molar-refractivity contribution in [3.05, 3.63) is 78.1 Å². The number of H-pyrrole nitrogens is 1. The minimum Gasteiger partial charge on any atom is -0.448 e. The molecule has 0 unspecified atom stereocenters. The molecule has 0 aliphatic carbocycles. The van der Waals surface area contributed by atoms with Crippen LogP contribution in [0.5, 0.6) is 11.5 Å². The van der Waals surface area contributed by atoms with Crippen molar-refractivity contribution in [2.24, 2.45) is 0 Å². The van der Waals surface area contributed by atoms with E-state index in [2.05, 4.69) is 15.0 Å². The number of nitrogens with zero attached hydrogens (tertiary/aromatic N) is 4. The van der Waals surface area contributed by atoms with Crippen LogP contribution < -0.4 is 15.9 Å². The molecule has 0 amide bonds. The highest BCUT2D eigenvalue weighted by atomic mass is 35.5. The molecule has 190 valence electrons. The summed E-state index contributed by atoms with van der Waals surface area (Å²) in [5.74, 6) is -7.06. The number of aromatic nitrogens is 4. The van der Waals surface area contributed by atoms with Crippen molar-refractivity contribution in [2.75, 3.05) is 0 Å². The first kappa shape index (κ1) is 26.7. The summed E-state index contributed by atoms with van der Waals surface area (Å²) < 4.78 is 87.0. The van der Waals surface area contributed by atoms with Crippen molar-refractivity contribution in [3.63, 3.8) is 0 Å². The molecule has 0 aliphatic rings. The van der Waals surface area contributed by atoms with Crippen LogP contribution in [0.3, 0.4) is 0 Å². The van der Waals surface area contributed by atoms with Gasteiger partial charge in [-0.1, -0.05) is 11.6 Å². The molecule has 1 N–H and O–H groups in total. The highest BCUT2D eigenvalue weighted by molar-refractivity contribution is 6.33. The van der Waals surface area contributed by atoms with E-state index in [-0.39, 0.29) is 17.1 Å². The largest absolute Gasteiger partial charge is 0.448 e. The van der Waals surface area contributed by atoms with E-state index in [0.29, 0.717) is 23.0 Å². The molecule has 3 aromatic rings. The molecule has 2 aromatic heterocycles. The maximum atomic E-state index is 14.3. The van der Waals surface area contributed by atoms with Crippen LogP contribution in [0.2, 0.25) is 5.02 Å². The Labute approximate surface area is 202 Å². The quantitative estimate of drug-likeness (QED) is 0.444. The van der Waals surface area contributed by atoms with Crippen LogP contribution in [-0.2, 0) is 12.5 Å². The van der Waals surface area contributed by atoms with E-state index in [1.807, 2.05) is 0 Å². The minimum atomic E-state index is -5.00. The van der Waals surface area contributed by atoms with E-state index < -0.39 is 69.8 Å². The predicted octanol–water partition coefficient (Wildman–Crippen LogP) is 4.60. The number of nitriles is 1. The van der Waals surface area contributed by atoms with Crippen molar-refractivity contribution in [1.82, 2.24) is 19.5 Å². The summed E-state index contributed by atoms with van der Waals surface area (Å²) in [7, 11) is 0. The lowest BCUT2D eigenvalue weighted by molar-refractivity contribution is -0.139.